The summed E-state index contributed by atoms with van der Waals surface area (Å²) in [6.07, 6.45) is 2.28. The summed E-state index contributed by atoms with van der Waals surface area (Å²) in [6, 6.07) is 17.7. The van der Waals surface area contributed by atoms with Crippen LogP contribution in [0.3, 0.4) is 0 Å². The number of ether oxygens (including phenoxy) is 2. The van der Waals surface area contributed by atoms with Crippen LogP contribution >= 0.6 is 0 Å². The number of methoxy groups -OCH3 is 1. The summed E-state index contributed by atoms with van der Waals surface area (Å²) in [5, 5.41) is 7.89. The molecule has 8 nitrogen and oxygen atoms in total. The Labute approximate surface area is 191 Å². The maximum absolute atomic E-state index is 12.5. The maximum atomic E-state index is 12.5. The van der Waals surface area contributed by atoms with Crippen molar-refractivity contribution in [3.63, 3.8) is 0 Å². The Morgan fingerprint density at radius 1 is 1.03 bits per heavy atom. The molecule has 0 unspecified atom stereocenters. The van der Waals surface area contributed by atoms with Gasteiger partial charge >= 0.3 is 5.69 Å². The van der Waals surface area contributed by atoms with Crippen molar-refractivity contribution < 1.29 is 9.47 Å². The largest absolute Gasteiger partial charge is 0.497 e. The molecule has 2 aromatic carbocycles. The predicted molar refractivity (Wildman–Crippen MR) is 124 cm³/mol. The first-order chi connectivity index (χ1) is 16.0. The number of hydrogen-bond acceptors (Lipinski definition) is 6. The minimum atomic E-state index is -0.290. The van der Waals surface area contributed by atoms with Gasteiger partial charge in [0.1, 0.15) is 12.4 Å². The quantitative estimate of drug-likeness (QED) is 0.432. The van der Waals surface area contributed by atoms with E-state index in [-0.39, 0.29) is 5.69 Å². The smallest absolute Gasteiger partial charge is 0.368 e. The molecule has 0 radical (unpaired) electrons. The maximum Gasteiger partial charge on any atom is 0.368 e. The third-order valence-electron chi connectivity index (χ3n) is 5.98. The molecule has 2 aromatic heterocycles. The molecule has 2 heterocycles. The Morgan fingerprint density at radius 2 is 1.82 bits per heavy atom. The van der Waals surface area contributed by atoms with Gasteiger partial charge in [-0.25, -0.2) is 9.78 Å². The molecule has 4 aromatic rings. The summed E-state index contributed by atoms with van der Waals surface area (Å²) in [6.45, 7) is 2.26. The van der Waals surface area contributed by atoms with Crippen LogP contribution < -0.4 is 15.2 Å². The van der Waals surface area contributed by atoms with E-state index in [0.29, 0.717) is 24.1 Å². The molecule has 33 heavy (non-hydrogen) atoms. The zero-order valence-electron chi connectivity index (χ0n) is 18.9. The van der Waals surface area contributed by atoms with Gasteiger partial charge in [-0.05, 0) is 71.5 Å². The second-order valence-electron chi connectivity index (χ2n) is 8.22. The van der Waals surface area contributed by atoms with Gasteiger partial charge in [-0.1, -0.05) is 24.3 Å². The molecule has 0 N–H and O–H groups in total. The second-order valence-corrected chi connectivity index (χ2v) is 8.22. The van der Waals surface area contributed by atoms with E-state index in [0.717, 1.165) is 41.0 Å². The van der Waals surface area contributed by atoms with Crippen molar-refractivity contribution in [2.45, 2.75) is 32.3 Å². The number of benzene rings is 2. The molecule has 1 fully saturated rings. The Morgan fingerprint density at radius 3 is 2.45 bits per heavy atom. The third-order valence-corrected chi connectivity index (χ3v) is 5.98. The average molecular weight is 444 g/mol. The molecule has 1 aliphatic carbocycles. The molecule has 8 heteroatoms. The van der Waals surface area contributed by atoms with Crippen molar-refractivity contribution in [3.05, 3.63) is 81.9 Å². The highest BCUT2D eigenvalue weighted by Gasteiger charge is 2.28. The Bertz CT molecular complexity index is 1350. The number of nitrogens with zero attached hydrogens (tertiary/aromatic N) is 5. The van der Waals surface area contributed by atoms with Crippen molar-refractivity contribution in [1.82, 2.24) is 24.8 Å². The number of pyridine rings is 1. The molecule has 0 bridgehead atoms. The van der Waals surface area contributed by atoms with Gasteiger partial charge in [0.2, 0.25) is 5.88 Å². The SMILES string of the molecule is COc1ccc(-c2ccc(OCc3c(C4CC4)cccc3-n3nnn(C)c3=O)nc2C)cc1. The highest BCUT2D eigenvalue weighted by Crippen LogP contribution is 2.43. The monoisotopic (exact) mass is 443 g/mol. The standard InChI is InChI=1S/C25H25N5O3/c1-16-20(17-9-11-19(32-3)12-10-17)13-14-24(26-16)33-15-22-21(18-7-8-18)5-4-6-23(22)30-25(31)29(2)27-28-30/h4-6,9-14,18H,7-8,15H2,1-3H3. The molecule has 5 rings (SSSR count). The summed E-state index contributed by atoms with van der Waals surface area (Å²) in [7, 11) is 3.24. The third kappa shape index (κ3) is 4.11. The van der Waals surface area contributed by atoms with Crippen LogP contribution in [0.15, 0.2) is 59.4 Å². The van der Waals surface area contributed by atoms with Gasteiger partial charge in [-0.3, -0.25) is 0 Å². The molecule has 0 saturated heterocycles. The van der Waals surface area contributed by atoms with Crippen LogP contribution in [0.25, 0.3) is 16.8 Å². The fraction of sp³-hybridized carbons (Fsp3) is 0.280. The van der Waals surface area contributed by atoms with E-state index < -0.39 is 0 Å². The van der Waals surface area contributed by atoms with Crippen LogP contribution in [0, 0.1) is 6.92 Å². The summed E-state index contributed by atoms with van der Waals surface area (Å²) < 4.78 is 13.9. The van der Waals surface area contributed by atoms with Crippen LogP contribution in [-0.2, 0) is 13.7 Å². The summed E-state index contributed by atoms with van der Waals surface area (Å²) >= 11 is 0. The van der Waals surface area contributed by atoms with Gasteiger partial charge in [-0.2, -0.15) is 9.36 Å². The molecule has 1 aliphatic rings. The molecule has 1 saturated carbocycles. The predicted octanol–water partition coefficient (Wildman–Crippen LogP) is 3.80. The lowest BCUT2D eigenvalue weighted by atomic mass is 10.0. The highest BCUT2D eigenvalue weighted by molar-refractivity contribution is 5.66. The van der Waals surface area contributed by atoms with E-state index in [1.165, 1.54) is 14.9 Å². The van der Waals surface area contributed by atoms with Gasteiger partial charge in [-0.15, -0.1) is 0 Å². The Hall–Kier alpha value is -3.94. The summed E-state index contributed by atoms with van der Waals surface area (Å²) in [4.78, 5) is 17.2. The van der Waals surface area contributed by atoms with E-state index in [4.69, 9.17) is 9.47 Å². The minimum absolute atomic E-state index is 0.290. The van der Waals surface area contributed by atoms with Crippen molar-refractivity contribution >= 4 is 0 Å². The lowest BCUT2D eigenvalue weighted by molar-refractivity contribution is 0.291. The first-order valence-electron chi connectivity index (χ1n) is 10.9. The van der Waals surface area contributed by atoms with Crippen LogP contribution in [0.5, 0.6) is 11.6 Å². The second kappa shape index (κ2) is 8.54. The molecule has 0 atom stereocenters. The number of rotatable bonds is 7. The van der Waals surface area contributed by atoms with Gasteiger partial charge in [0.05, 0.1) is 12.8 Å². The zero-order valence-corrected chi connectivity index (χ0v) is 18.9. The molecule has 0 amide bonds. The topological polar surface area (TPSA) is 84.1 Å². The van der Waals surface area contributed by atoms with Crippen LogP contribution in [-0.4, -0.2) is 31.9 Å². The van der Waals surface area contributed by atoms with Crippen LogP contribution in [0.1, 0.15) is 35.6 Å². The first-order valence-corrected chi connectivity index (χ1v) is 10.9. The fourth-order valence-electron chi connectivity index (χ4n) is 4.03. The minimum Gasteiger partial charge on any atom is -0.497 e. The van der Waals surface area contributed by atoms with Gasteiger partial charge in [0.15, 0.2) is 0 Å². The van der Waals surface area contributed by atoms with Gasteiger partial charge in [0.25, 0.3) is 0 Å². The average Bonchev–Trinajstić information content (AvgIpc) is 3.63. The summed E-state index contributed by atoms with van der Waals surface area (Å²) in [5.74, 6) is 1.84. The molecular formula is C25H25N5O3. The van der Waals surface area contributed by atoms with Crippen LogP contribution in [0.4, 0.5) is 0 Å². The Kier molecular flexibility index (Phi) is 5.42. The summed E-state index contributed by atoms with van der Waals surface area (Å²) in [5.41, 5.74) is 5.52. The molecule has 168 valence electrons. The van der Waals surface area contributed by atoms with E-state index in [1.807, 2.05) is 55.5 Å². The molecular weight excluding hydrogens is 418 g/mol. The van der Waals surface area contributed by atoms with E-state index >= 15 is 0 Å². The highest BCUT2D eigenvalue weighted by atomic mass is 16.5. The lowest BCUT2D eigenvalue weighted by Gasteiger charge is -2.15. The van der Waals surface area contributed by atoms with Crippen LogP contribution in [0.2, 0.25) is 0 Å². The van der Waals surface area contributed by atoms with E-state index in [1.54, 1.807) is 14.2 Å². The Balaban J connectivity index is 1.43. The van der Waals surface area contributed by atoms with E-state index in [2.05, 4.69) is 21.5 Å². The normalized spacial score (nSPS) is 13.2. The number of tetrazole rings is 1. The molecule has 0 spiro atoms. The number of aryl methyl sites for hydroxylation is 2. The number of hydrogen-bond donors (Lipinski definition) is 0. The van der Waals surface area contributed by atoms with Crippen molar-refractivity contribution in [3.8, 4) is 28.4 Å². The van der Waals surface area contributed by atoms with Crippen molar-refractivity contribution in [2.24, 2.45) is 7.05 Å². The fourth-order valence-corrected chi connectivity index (χ4v) is 4.03. The zero-order chi connectivity index (χ0) is 22.9. The van der Waals surface area contributed by atoms with Crippen molar-refractivity contribution in [2.75, 3.05) is 7.11 Å². The lowest BCUT2D eigenvalue weighted by Crippen LogP contribution is -2.23. The number of aromatic nitrogens is 5. The molecule has 0 aliphatic heterocycles. The van der Waals surface area contributed by atoms with Gasteiger partial charge < -0.3 is 9.47 Å². The van der Waals surface area contributed by atoms with Crippen molar-refractivity contribution in [1.29, 1.82) is 0 Å². The van der Waals surface area contributed by atoms with E-state index in [9.17, 15) is 4.79 Å². The first kappa shape index (κ1) is 20.9. The van der Waals surface area contributed by atoms with Gasteiger partial charge in [0, 0.05) is 29.9 Å².